The molecule has 0 fully saturated rings. The summed E-state index contributed by atoms with van der Waals surface area (Å²) >= 11 is 0. The van der Waals surface area contributed by atoms with Crippen molar-refractivity contribution in [1.29, 1.82) is 0 Å². The van der Waals surface area contributed by atoms with Crippen LogP contribution in [0.3, 0.4) is 0 Å². The zero-order chi connectivity index (χ0) is 26.1. The average molecular weight is 479 g/mol. The third-order valence-corrected chi connectivity index (χ3v) is 6.87. The molecule has 6 heteroatoms. The lowest BCUT2D eigenvalue weighted by atomic mass is 9.59. The third-order valence-electron chi connectivity index (χ3n) is 6.87. The Morgan fingerprint density at radius 3 is 1.74 bits per heavy atom. The molecule has 0 saturated carbocycles. The van der Waals surface area contributed by atoms with E-state index >= 15 is 0 Å². The lowest BCUT2D eigenvalue weighted by Crippen LogP contribution is -2.59. The maximum atomic E-state index is 12.0. The number of esters is 3. The van der Waals surface area contributed by atoms with Gasteiger partial charge in [-0.2, -0.15) is 0 Å². The van der Waals surface area contributed by atoms with Gasteiger partial charge in [0.2, 0.25) is 0 Å². The minimum atomic E-state index is -0.642. The minimum Gasteiger partial charge on any atom is -0.465 e. The molecule has 6 nitrogen and oxygen atoms in total. The summed E-state index contributed by atoms with van der Waals surface area (Å²) in [4.78, 5) is 35.7. The number of methoxy groups -OCH3 is 1. The largest absolute Gasteiger partial charge is 0.465 e. The van der Waals surface area contributed by atoms with E-state index in [0.29, 0.717) is 5.56 Å². The Kier molecular flexibility index (Phi) is 7.25. The quantitative estimate of drug-likeness (QED) is 0.326. The second kappa shape index (κ2) is 9.68. The molecule has 0 unspecified atom stereocenters. The molecule has 35 heavy (non-hydrogen) atoms. The molecule has 0 amide bonds. The smallest absolute Gasteiger partial charge is 0.337 e. The zero-order valence-electron chi connectivity index (χ0n) is 21.7. The van der Waals surface area contributed by atoms with Gasteiger partial charge in [0.25, 0.3) is 0 Å². The van der Waals surface area contributed by atoms with E-state index in [-0.39, 0.29) is 5.97 Å². The number of carbonyl (C=O) groups is 3. The van der Waals surface area contributed by atoms with Crippen molar-refractivity contribution in [1.82, 2.24) is 0 Å². The normalized spacial score (nSPS) is 20.1. The second-order valence-corrected chi connectivity index (χ2v) is 10.2. The zero-order valence-corrected chi connectivity index (χ0v) is 21.7. The fraction of sp³-hybridized carbons (Fsp3) is 0.414. The van der Waals surface area contributed by atoms with Gasteiger partial charge in [-0.15, -0.1) is 0 Å². The van der Waals surface area contributed by atoms with Crippen molar-refractivity contribution in [3.05, 3.63) is 69.8 Å². The summed E-state index contributed by atoms with van der Waals surface area (Å²) in [5, 5.41) is 0. The van der Waals surface area contributed by atoms with Crippen LogP contribution >= 0.6 is 0 Å². The van der Waals surface area contributed by atoms with Crippen molar-refractivity contribution in [3.8, 4) is 0 Å². The first kappa shape index (κ1) is 26.2. The molecule has 0 aromatic heterocycles. The maximum absolute atomic E-state index is 12.0. The van der Waals surface area contributed by atoms with Crippen LogP contribution in [0.1, 0.15) is 79.7 Å². The number of rotatable bonds is 5. The molecule has 2 atom stereocenters. The number of aryl methyl sites for hydroxylation is 1. The molecule has 1 aliphatic carbocycles. The van der Waals surface area contributed by atoms with E-state index in [4.69, 9.17) is 14.2 Å². The van der Waals surface area contributed by atoms with Crippen LogP contribution in [0.15, 0.2) is 36.4 Å². The molecule has 0 radical (unpaired) electrons. The Bertz CT molecular complexity index is 1170. The standard InChI is InChI=1S/C29H34O6/c1-17-15-23-24(16-22(17)14-11-20-9-12-21(13-10-20)27(32)33-8)29(6,7)26(35-19(3)31)25(28(23,4)5)34-18(2)30/h9-16,25-26H,1-8H3/b14-11+/t25-,26+/m0/s1. The average Bonchev–Trinajstić information content (AvgIpc) is 2.78. The van der Waals surface area contributed by atoms with E-state index in [1.807, 2.05) is 58.9 Å². The first-order valence-electron chi connectivity index (χ1n) is 11.7. The van der Waals surface area contributed by atoms with Crippen molar-refractivity contribution < 1.29 is 28.6 Å². The van der Waals surface area contributed by atoms with Gasteiger partial charge in [-0.25, -0.2) is 4.79 Å². The highest BCUT2D eigenvalue weighted by Crippen LogP contribution is 2.49. The highest BCUT2D eigenvalue weighted by Gasteiger charge is 2.55. The summed E-state index contributed by atoms with van der Waals surface area (Å²) in [5.74, 6) is -1.19. The van der Waals surface area contributed by atoms with E-state index in [1.54, 1.807) is 12.1 Å². The molecule has 2 aromatic carbocycles. The first-order valence-corrected chi connectivity index (χ1v) is 11.7. The van der Waals surface area contributed by atoms with Crippen LogP contribution in [0.25, 0.3) is 12.2 Å². The molecule has 2 aromatic rings. The number of carbonyl (C=O) groups excluding carboxylic acids is 3. The predicted molar refractivity (Wildman–Crippen MR) is 135 cm³/mol. The molecule has 0 saturated heterocycles. The summed E-state index contributed by atoms with van der Waals surface area (Å²) in [7, 11) is 1.36. The topological polar surface area (TPSA) is 78.9 Å². The predicted octanol–water partition coefficient (Wildman–Crippen LogP) is 5.38. The van der Waals surface area contributed by atoms with Gasteiger partial charge in [0.15, 0.2) is 0 Å². The van der Waals surface area contributed by atoms with Crippen LogP contribution in [-0.2, 0) is 34.6 Å². The Balaban J connectivity index is 2.07. The molecule has 3 rings (SSSR count). The van der Waals surface area contributed by atoms with Gasteiger partial charge in [-0.05, 0) is 46.9 Å². The minimum absolute atomic E-state index is 0.370. The van der Waals surface area contributed by atoms with E-state index in [1.165, 1.54) is 21.0 Å². The summed E-state index contributed by atoms with van der Waals surface area (Å²) in [6.45, 7) is 12.9. The van der Waals surface area contributed by atoms with Crippen LogP contribution < -0.4 is 0 Å². The molecule has 0 aliphatic heterocycles. The van der Waals surface area contributed by atoms with E-state index in [9.17, 15) is 14.4 Å². The second-order valence-electron chi connectivity index (χ2n) is 10.2. The fourth-order valence-electron chi connectivity index (χ4n) is 4.84. The van der Waals surface area contributed by atoms with Crippen LogP contribution in [0.5, 0.6) is 0 Å². The SMILES string of the molecule is COC(=O)c1ccc(/C=C/c2cc3c(cc2C)C(C)(C)[C@@H](OC(C)=O)[C@@H](OC(C)=O)C3(C)C)cc1. The van der Waals surface area contributed by atoms with Gasteiger partial charge in [0, 0.05) is 24.7 Å². The van der Waals surface area contributed by atoms with Crippen molar-refractivity contribution in [3.63, 3.8) is 0 Å². The first-order chi connectivity index (χ1) is 16.3. The molecule has 0 N–H and O–H groups in total. The van der Waals surface area contributed by atoms with Gasteiger partial charge in [0.05, 0.1) is 12.7 Å². The Labute approximate surface area is 207 Å². The third kappa shape index (κ3) is 5.16. The summed E-state index contributed by atoms with van der Waals surface area (Å²) < 4.78 is 16.3. The van der Waals surface area contributed by atoms with Crippen molar-refractivity contribution in [2.75, 3.05) is 7.11 Å². The Hall–Kier alpha value is -3.41. The molecule has 0 heterocycles. The van der Waals surface area contributed by atoms with Crippen LogP contribution in [-0.4, -0.2) is 37.2 Å². The fourth-order valence-corrected chi connectivity index (χ4v) is 4.84. The lowest BCUT2D eigenvalue weighted by Gasteiger charge is -2.51. The van der Waals surface area contributed by atoms with Gasteiger partial charge in [-0.1, -0.05) is 64.1 Å². The highest BCUT2D eigenvalue weighted by molar-refractivity contribution is 5.89. The Morgan fingerprint density at radius 2 is 1.29 bits per heavy atom. The van der Waals surface area contributed by atoms with Gasteiger partial charge in [0.1, 0.15) is 12.2 Å². The molecule has 186 valence electrons. The van der Waals surface area contributed by atoms with E-state index < -0.39 is 35.0 Å². The number of fused-ring (bicyclic) bond motifs is 1. The number of hydrogen-bond acceptors (Lipinski definition) is 6. The number of ether oxygens (including phenoxy) is 3. The molecule has 0 spiro atoms. The van der Waals surface area contributed by atoms with Crippen LogP contribution in [0.2, 0.25) is 0 Å². The lowest BCUT2D eigenvalue weighted by molar-refractivity contribution is -0.179. The molecular weight excluding hydrogens is 444 g/mol. The van der Waals surface area contributed by atoms with Crippen LogP contribution in [0, 0.1) is 6.92 Å². The van der Waals surface area contributed by atoms with Crippen LogP contribution in [0.4, 0.5) is 0 Å². The monoisotopic (exact) mass is 478 g/mol. The number of hydrogen-bond donors (Lipinski definition) is 0. The Morgan fingerprint density at radius 1 is 0.800 bits per heavy atom. The number of benzene rings is 2. The van der Waals surface area contributed by atoms with E-state index in [0.717, 1.165) is 27.8 Å². The van der Waals surface area contributed by atoms with Gasteiger partial charge < -0.3 is 14.2 Å². The van der Waals surface area contributed by atoms with E-state index in [2.05, 4.69) is 12.1 Å². The van der Waals surface area contributed by atoms with Crippen molar-refractivity contribution in [2.45, 2.75) is 71.5 Å². The molecule has 0 bridgehead atoms. The molecular formula is C29H34O6. The maximum Gasteiger partial charge on any atom is 0.337 e. The van der Waals surface area contributed by atoms with Gasteiger partial charge in [-0.3, -0.25) is 9.59 Å². The highest BCUT2D eigenvalue weighted by atomic mass is 16.6. The van der Waals surface area contributed by atoms with Crippen molar-refractivity contribution >= 4 is 30.1 Å². The summed E-state index contributed by atoms with van der Waals surface area (Å²) in [6, 6.07) is 11.5. The van der Waals surface area contributed by atoms with Gasteiger partial charge >= 0.3 is 17.9 Å². The molecule has 1 aliphatic rings. The van der Waals surface area contributed by atoms with Crippen molar-refractivity contribution in [2.24, 2.45) is 0 Å². The summed E-state index contributed by atoms with van der Waals surface area (Å²) in [5.41, 5.74) is 4.47. The summed E-state index contributed by atoms with van der Waals surface area (Å²) in [6.07, 6.45) is 2.75.